The second-order valence-corrected chi connectivity index (χ2v) is 5.45. The zero-order valence-electron chi connectivity index (χ0n) is 12.3. The van der Waals surface area contributed by atoms with Crippen molar-refractivity contribution < 1.29 is 9.42 Å². The van der Waals surface area contributed by atoms with Crippen LogP contribution in [0.3, 0.4) is 0 Å². The zero-order valence-corrected chi connectivity index (χ0v) is 12.3. The SMILES string of the molecule is O=C(c1ncn[nH]1)N1CCN(Cc2cccc3nonc23)CC1. The fraction of sp³-hybridized carbons (Fsp3) is 0.357. The van der Waals surface area contributed by atoms with Crippen LogP contribution in [0.5, 0.6) is 0 Å². The number of hydrogen-bond acceptors (Lipinski definition) is 7. The van der Waals surface area contributed by atoms with Crippen LogP contribution in [0.4, 0.5) is 0 Å². The summed E-state index contributed by atoms with van der Waals surface area (Å²) in [6.45, 7) is 3.66. The Labute approximate surface area is 131 Å². The van der Waals surface area contributed by atoms with Gasteiger partial charge in [0.15, 0.2) is 0 Å². The lowest BCUT2D eigenvalue weighted by Crippen LogP contribution is -2.48. The molecule has 0 saturated carbocycles. The number of carbonyl (C=O) groups is 1. The summed E-state index contributed by atoms with van der Waals surface area (Å²) >= 11 is 0. The van der Waals surface area contributed by atoms with E-state index in [1.807, 2.05) is 18.2 Å². The largest absolute Gasteiger partial charge is 0.333 e. The van der Waals surface area contributed by atoms with E-state index in [9.17, 15) is 4.79 Å². The number of H-pyrrole nitrogens is 1. The van der Waals surface area contributed by atoms with Gasteiger partial charge in [-0.1, -0.05) is 12.1 Å². The van der Waals surface area contributed by atoms with E-state index in [1.165, 1.54) is 6.33 Å². The lowest BCUT2D eigenvalue weighted by Gasteiger charge is -2.34. The summed E-state index contributed by atoms with van der Waals surface area (Å²) in [4.78, 5) is 20.2. The maximum Gasteiger partial charge on any atom is 0.291 e. The lowest BCUT2D eigenvalue weighted by molar-refractivity contribution is 0.0617. The summed E-state index contributed by atoms with van der Waals surface area (Å²) in [5.74, 6) is 0.182. The molecular formula is C14H15N7O2. The van der Waals surface area contributed by atoms with Crippen LogP contribution in [-0.2, 0) is 6.54 Å². The Bertz CT molecular complexity index is 806. The quantitative estimate of drug-likeness (QED) is 0.741. The van der Waals surface area contributed by atoms with Crippen molar-refractivity contribution in [3.63, 3.8) is 0 Å². The van der Waals surface area contributed by atoms with Crippen molar-refractivity contribution in [2.45, 2.75) is 6.54 Å². The molecule has 2 aromatic heterocycles. The topological polar surface area (TPSA) is 104 Å². The lowest BCUT2D eigenvalue weighted by atomic mass is 10.1. The third kappa shape index (κ3) is 2.66. The number of carbonyl (C=O) groups excluding carboxylic acids is 1. The maximum absolute atomic E-state index is 12.2. The van der Waals surface area contributed by atoms with Gasteiger partial charge in [-0.05, 0) is 21.9 Å². The Morgan fingerprint density at radius 3 is 2.87 bits per heavy atom. The van der Waals surface area contributed by atoms with Crippen LogP contribution in [-0.4, -0.2) is 67.4 Å². The molecule has 1 amide bonds. The molecule has 1 saturated heterocycles. The van der Waals surface area contributed by atoms with Crippen LogP contribution in [0.1, 0.15) is 16.2 Å². The van der Waals surface area contributed by atoms with Gasteiger partial charge in [-0.25, -0.2) is 9.61 Å². The molecule has 0 unspecified atom stereocenters. The van der Waals surface area contributed by atoms with Gasteiger partial charge in [-0.2, -0.15) is 5.10 Å². The highest BCUT2D eigenvalue weighted by Crippen LogP contribution is 2.17. The van der Waals surface area contributed by atoms with Gasteiger partial charge in [0, 0.05) is 32.7 Å². The molecule has 3 aromatic rings. The number of aromatic amines is 1. The van der Waals surface area contributed by atoms with Crippen LogP contribution in [0.15, 0.2) is 29.2 Å². The fourth-order valence-electron chi connectivity index (χ4n) is 2.80. The van der Waals surface area contributed by atoms with Crippen molar-refractivity contribution in [2.75, 3.05) is 26.2 Å². The van der Waals surface area contributed by atoms with Crippen molar-refractivity contribution >= 4 is 16.9 Å². The van der Waals surface area contributed by atoms with Gasteiger partial charge < -0.3 is 4.90 Å². The minimum atomic E-state index is -0.107. The third-order valence-corrected chi connectivity index (χ3v) is 4.04. The van der Waals surface area contributed by atoms with Crippen molar-refractivity contribution in [2.24, 2.45) is 0 Å². The van der Waals surface area contributed by atoms with Gasteiger partial charge in [0.05, 0.1) is 0 Å². The molecule has 0 bridgehead atoms. The number of benzene rings is 1. The predicted octanol–water partition coefficient (Wildman–Crippen LogP) is 0.299. The van der Waals surface area contributed by atoms with Crippen molar-refractivity contribution in [1.82, 2.24) is 35.3 Å². The van der Waals surface area contributed by atoms with E-state index < -0.39 is 0 Å². The number of amides is 1. The molecule has 0 radical (unpaired) electrons. The third-order valence-electron chi connectivity index (χ3n) is 4.04. The molecule has 9 nitrogen and oxygen atoms in total. The summed E-state index contributed by atoms with van der Waals surface area (Å²) in [6, 6.07) is 5.85. The summed E-state index contributed by atoms with van der Waals surface area (Å²) in [6.07, 6.45) is 1.34. The normalized spacial score (nSPS) is 16.1. The Morgan fingerprint density at radius 1 is 1.22 bits per heavy atom. The number of piperazine rings is 1. The smallest absolute Gasteiger partial charge is 0.291 e. The standard InChI is InChI=1S/C14H15N7O2/c22-14(13-15-9-16-17-13)21-6-4-20(5-7-21)8-10-2-1-3-11-12(10)19-23-18-11/h1-3,9H,4-8H2,(H,15,16,17). The molecule has 1 aliphatic heterocycles. The first-order valence-electron chi connectivity index (χ1n) is 7.38. The molecule has 0 atom stereocenters. The number of hydrogen-bond donors (Lipinski definition) is 1. The molecule has 118 valence electrons. The number of nitrogens with one attached hydrogen (secondary N) is 1. The van der Waals surface area contributed by atoms with Gasteiger partial charge in [0.25, 0.3) is 5.91 Å². The van der Waals surface area contributed by atoms with Crippen molar-refractivity contribution in [3.05, 3.63) is 35.9 Å². The van der Waals surface area contributed by atoms with E-state index >= 15 is 0 Å². The average molecular weight is 313 g/mol. The highest BCUT2D eigenvalue weighted by atomic mass is 16.6. The van der Waals surface area contributed by atoms with Gasteiger partial charge in [0.1, 0.15) is 17.4 Å². The summed E-state index contributed by atoms with van der Waals surface area (Å²) < 4.78 is 4.80. The van der Waals surface area contributed by atoms with Gasteiger partial charge in [0.2, 0.25) is 5.82 Å². The first-order valence-corrected chi connectivity index (χ1v) is 7.38. The molecule has 3 heterocycles. The van der Waals surface area contributed by atoms with Gasteiger partial charge in [-0.3, -0.25) is 14.8 Å². The average Bonchev–Trinajstić information content (AvgIpc) is 3.27. The minimum absolute atomic E-state index is 0.107. The molecule has 9 heteroatoms. The van der Waals surface area contributed by atoms with Crippen molar-refractivity contribution in [3.8, 4) is 0 Å². The van der Waals surface area contributed by atoms with E-state index in [2.05, 4.69) is 30.4 Å². The number of fused-ring (bicyclic) bond motifs is 1. The zero-order chi connectivity index (χ0) is 15.6. The number of rotatable bonds is 3. The fourth-order valence-corrected chi connectivity index (χ4v) is 2.80. The maximum atomic E-state index is 12.2. The molecule has 0 aliphatic carbocycles. The number of aromatic nitrogens is 5. The molecule has 1 N–H and O–H groups in total. The molecular weight excluding hydrogens is 298 g/mol. The Kier molecular flexibility index (Phi) is 3.46. The van der Waals surface area contributed by atoms with E-state index in [0.29, 0.717) is 13.1 Å². The van der Waals surface area contributed by atoms with E-state index in [4.69, 9.17) is 4.63 Å². The predicted molar refractivity (Wildman–Crippen MR) is 79.4 cm³/mol. The summed E-state index contributed by atoms with van der Waals surface area (Å²) in [5.41, 5.74) is 2.65. The second-order valence-electron chi connectivity index (χ2n) is 5.45. The summed E-state index contributed by atoms with van der Waals surface area (Å²) in [7, 11) is 0. The Balaban J connectivity index is 1.40. The van der Waals surface area contributed by atoms with Crippen LogP contribution >= 0.6 is 0 Å². The Morgan fingerprint density at radius 2 is 2.09 bits per heavy atom. The van der Waals surface area contributed by atoms with Gasteiger partial charge in [-0.15, -0.1) is 0 Å². The van der Waals surface area contributed by atoms with Crippen LogP contribution < -0.4 is 0 Å². The highest BCUT2D eigenvalue weighted by Gasteiger charge is 2.24. The molecule has 1 fully saturated rings. The molecule has 1 aromatic carbocycles. The van der Waals surface area contributed by atoms with Crippen LogP contribution in [0.25, 0.3) is 11.0 Å². The van der Waals surface area contributed by atoms with Crippen LogP contribution in [0.2, 0.25) is 0 Å². The van der Waals surface area contributed by atoms with Crippen LogP contribution in [0, 0.1) is 0 Å². The van der Waals surface area contributed by atoms with Gasteiger partial charge >= 0.3 is 0 Å². The van der Waals surface area contributed by atoms with Crippen molar-refractivity contribution in [1.29, 1.82) is 0 Å². The first-order chi connectivity index (χ1) is 11.3. The monoisotopic (exact) mass is 313 g/mol. The second kappa shape index (κ2) is 5.76. The highest BCUT2D eigenvalue weighted by molar-refractivity contribution is 5.90. The summed E-state index contributed by atoms with van der Waals surface area (Å²) in [5, 5.41) is 14.2. The van der Waals surface area contributed by atoms with E-state index in [0.717, 1.165) is 36.2 Å². The van der Waals surface area contributed by atoms with E-state index in [-0.39, 0.29) is 11.7 Å². The molecule has 23 heavy (non-hydrogen) atoms. The van der Waals surface area contributed by atoms with E-state index in [1.54, 1.807) is 4.90 Å². The molecule has 1 aliphatic rings. The number of nitrogens with zero attached hydrogens (tertiary/aromatic N) is 6. The Hall–Kier alpha value is -2.81. The molecule has 0 spiro atoms. The first kappa shape index (κ1) is 13.8. The molecule has 4 rings (SSSR count). The minimum Gasteiger partial charge on any atom is -0.333 e.